The second-order valence-electron chi connectivity index (χ2n) is 3.11. The first-order chi connectivity index (χ1) is 7.30. The van der Waals surface area contributed by atoms with Gasteiger partial charge in [-0.05, 0) is 24.6 Å². The highest BCUT2D eigenvalue weighted by Crippen LogP contribution is 2.23. The van der Waals surface area contributed by atoms with E-state index in [2.05, 4.69) is 4.98 Å². The van der Waals surface area contributed by atoms with Crippen molar-refractivity contribution in [3.05, 3.63) is 23.9 Å². The molecule has 0 saturated heterocycles. The lowest BCUT2D eigenvalue weighted by molar-refractivity contribution is -0.183. The van der Waals surface area contributed by atoms with Gasteiger partial charge in [-0.15, -0.1) is 0 Å². The van der Waals surface area contributed by atoms with Crippen LogP contribution in [0.2, 0.25) is 0 Å². The molecular formula is C9H8F4N2O. The quantitative estimate of drug-likeness (QED) is 0.800. The van der Waals surface area contributed by atoms with Crippen LogP contribution in [0.25, 0.3) is 0 Å². The van der Waals surface area contributed by atoms with Crippen LogP contribution >= 0.6 is 0 Å². The molecule has 3 nitrogen and oxygen atoms in total. The fourth-order valence-electron chi connectivity index (χ4n) is 0.943. The van der Waals surface area contributed by atoms with E-state index in [9.17, 15) is 22.4 Å². The van der Waals surface area contributed by atoms with Gasteiger partial charge in [0.1, 0.15) is 5.82 Å². The number of hydrogen-bond donors (Lipinski definition) is 1. The first kappa shape index (κ1) is 12.4. The Kier molecular flexibility index (Phi) is 3.46. The van der Waals surface area contributed by atoms with Crippen LogP contribution in [0.3, 0.4) is 0 Å². The van der Waals surface area contributed by atoms with E-state index >= 15 is 0 Å². The molecule has 1 aromatic rings. The minimum absolute atomic E-state index is 0.114. The highest BCUT2D eigenvalue weighted by Gasteiger charge is 2.45. The van der Waals surface area contributed by atoms with E-state index in [1.807, 2.05) is 0 Å². The maximum atomic E-state index is 12.5. The van der Waals surface area contributed by atoms with Crippen LogP contribution in [0.15, 0.2) is 18.3 Å². The van der Waals surface area contributed by atoms with Crippen LogP contribution in [-0.2, 0) is 4.79 Å². The number of halogens is 4. The Balaban J connectivity index is 2.72. The number of aromatic nitrogens is 1. The Morgan fingerprint density at radius 1 is 1.50 bits per heavy atom. The van der Waals surface area contributed by atoms with Gasteiger partial charge >= 0.3 is 6.18 Å². The van der Waals surface area contributed by atoms with Gasteiger partial charge in [-0.2, -0.15) is 13.2 Å². The van der Waals surface area contributed by atoms with E-state index in [1.165, 1.54) is 12.3 Å². The maximum Gasteiger partial charge on any atom is 0.428 e. The van der Waals surface area contributed by atoms with Gasteiger partial charge in [-0.25, -0.2) is 9.37 Å². The summed E-state index contributed by atoms with van der Waals surface area (Å²) in [5, 5.41) is 1.74. The number of carbonyl (C=O) groups excluding carboxylic acids is 1. The molecule has 88 valence electrons. The molecule has 1 rings (SSSR count). The highest BCUT2D eigenvalue weighted by atomic mass is 19.4. The molecule has 1 N–H and O–H groups in total. The van der Waals surface area contributed by atoms with E-state index < -0.39 is 18.3 Å². The Morgan fingerprint density at radius 3 is 2.62 bits per heavy atom. The predicted octanol–water partition coefficient (Wildman–Crippen LogP) is 2.23. The van der Waals surface area contributed by atoms with Crippen molar-refractivity contribution in [2.45, 2.75) is 19.3 Å². The lowest BCUT2D eigenvalue weighted by atomic mass is 10.3. The Bertz CT molecular complexity index is 391. The molecule has 0 spiro atoms. The zero-order valence-corrected chi connectivity index (χ0v) is 8.18. The van der Waals surface area contributed by atoms with E-state index in [0.717, 1.165) is 0 Å². The average molecular weight is 236 g/mol. The smallest absolute Gasteiger partial charge is 0.308 e. The van der Waals surface area contributed by atoms with Crippen molar-refractivity contribution in [1.29, 1.82) is 0 Å². The van der Waals surface area contributed by atoms with Gasteiger partial charge in [-0.1, -0.05) is 0 Å². The minimum Gasteiger partial charge on any atom is -0.308 e. The fourth-order valence-corrected chi connectivity index (χ4v) is 0.943. The van der Waals surface area contributed by atoms with Crippen molar-refractivity contribution >= 4 is 11.7 Å². The molecule has 0 saturated carbocycles. The molecule has 7 heteroatoms. The summed E-state index contributed by atoms with van der Waals surface area (Å²) in [4.78, 5) is 14.4. The molecule has 0 bridgehead atoms. The van der Waals surface area contributed by atoms with Crippen LogP contribution < -0.4 is 5.32 Å². The zero-order chi connectivity index (χ0) is 12.3. The Labute approximate surface area is 88.5 Å². The van der Waals surface area contributed by atoms with Crippen molar-refractivity contribution in [3.63, 3.8) is 0 Å². The first-order valence-corrected chi connectivity index (χ1v) is 4.25. The molecule has 1 amide bonds. The number of hydrogen-bond acceptors (Lipinski definition) is 2. The highest BCUT2D eigenvalue weighted by molar-refractivity contribution is 5.93. The van der Waals surface area contributed by atoms with Crippen molar-refractivity contribution in [1.82, 2.24) is 4.98 Å². The van der Waals surface area contributed by atoms with Crippen molar-refractivity contribution in [3.8, 4) is 0 Å². The Hall–Kier alpha value is -1.66. The summed E-state index contributed by atoms with van der Waals surface area (Å²) in [5.41, 5.74) is 0.688. The average Bonchev–Trinajstić information content (AvgIpc) is 2.15. The second kappa shape index (κ2) is 4.46. The van der Waals surface area contributed by atoms with E-state index in [4.69, 9.17) is 0 Å². The molecule has 0 radical (unpaired) electrons. The van der Waals surface area contributed by atoms with E-state index in [1.54, 1.807) is 18.3 Å². The molecule has 0 aliphatic carbocycles. The lowest BCUT2D eigenvalue weighted by Crippen LogP contribution is -2.37. The van der Waals surface area contributed by atoms with Gasteiger partial charge in [0.25, 0.3) is 12.1 Å². The monoisotopic (exact) mass is 236 g/mol. The van der Waals surface area contributed by atoms with Gasteiger partial charge in [-0.3, -0.25) is 4.79 Å². The maximum absolute atomic E-state index is 12.5. The third-order valence-electron chi connectivity index (χ3n) is 1.68. The normalized spacial score (nSPS) is 13.3. The number of nitrogens with zero attached hydrogens (tertiary/aromatic N) is 1. The van der Waals surface area contributed by atoms with Crippen LogP contribution in [0.4, 0.5) is 23.4 Å². The zero-order valence-electron chi connectivity index (χ0n) is 8.18. The second-order valence-corrected chi connectivity index (χ2v) is 3.11. The fraction of sp³-hybridized carbons (Fsp3) is 0.333. The number of alkyl halides is 4. The summed E-state index contributed by atoms with van der Waals surface area (Å²) < 4.78 is 48.0. The summed E-state index contributed by atoms with van der Waals surface area (Å²) in [6, 6.07) is 2.92. The van der Waals surface area contributed by atoms with E-state index in [-0.39, 0.29) is 5.82 Å². The number of carbonyl (C=O) groups is 1. The van der Waals surface area contributed by atoms with Crippen LogP contribution in [0, 0.1) is 6.92 Å². The summed E-state index contributed by atoms with van der Waals surface area (Å²) in [5.74, 6) is -1.89. The topological polar surface area (TPSA) is 42.0 Å². The molecule has 1 aromatic heterocycles. The number of nitrogens with one attached hydrogen (secondary N) is 1. The number of pyridine rings is 1. The van der Waals surface area contributed by atoms with Crippen molar-refractivity contribution in [2.75, 3.05) is 5.32 Å². The van der Waals surface area contributed by atoms with Crippen LogP contribution in [0.5, 0.6) is 0 Å². The van der Waals surface area contributed by atoms with Gasteiger partial charge in [0, 0.05) is 6.20 Å². The summed E-state index contributed by atoms with van der Waals surface area (Å²) in [6.45, 7) is 1.66. The summed E-state index contributed by atoms with van der Waals surface area (Å²) >= 11 is 0. The molecule has 0 aliphatic heterocycles. The van der Waals surface area contributed by atoms with Gasteiger partial charge in [0.2, 0.25) is 0 Å². The number of aryl methyl sites for hydroxylation is 1. The number of amides is 1. The first-order valence-electron chi connectivity index (χ1n) is 4.25. The standard InChI is InChI=1S/C9H8F4N2O/c1-5-2-3-14-6(4-5)15-8(16)7(10)9(11,12)13/h2-4,7H,1H3,(H,14,15,16). The SMILES string of the molecule is Cc1ccnc(NC(=O)C(F)C(F)(F)F)c1. The van der Waals surface area contributed by atoms with Gasteiger partial charge in [0.05, 0.1) is 0 Å². The minimum atomic E-state index is -5.20. The lowest BCUT2D eigenvalue weighted by Gasteiger charge is -2.11. The summed E-state index contributed by atoms with van der Waals surface area (Å²) in [7, 11) is 0. The largest absolute Gasteiger partial charge is 0.428 e. The van der Waals surface area contributed by atoms with Gasteiger partial charge in [0.15, 0.2) is 0 Å². The molecule has 0 aliphatic rings. The van der Waals surface area contributed by atoms with Crippen molar-refractivity contribution in [2.24, 2.45) is 0 Å². The number of anilines is 1. The third kappa shape index (κ3) is 3.18. The van der Waals surface area contributed by atoms with Gasteiger partial charge < -0.3 is 5.32 Å². The van der Waals surface area contributed by atoms with Crippen molar-refractivity contribution < 1.29 is 22.4 Å². The molecule has 16 heavy (non-hydrogen) atoms. The number of rotatable bonds is 2. The third-order valence-corrected chi connectivity index (χ3v) is 1.68. The molecule has 1 atom stereocenters. The Morgan fingerprint density at radius 2 is 2.12 bits per heavy atom. The molecule has 1 unspecified atom stereocenters. The van der Waals surface area contributed by atoms with Crippen LogP contribution in [-0.4, -0.2) is 23.2 Å². The summed E-state index contributed by atoms with van der Waals surface area (Å²) in [6.07, 6.45) is -7.45. The molecule has 0 fully saturated rings. The van der Waals surface area contributed by atoms with Crippen LogP contribution in [0.1, 0.15) is 5.56 Å². The molecule has 1 heterocycles. The van der Waals surface area contributed by atoms with E-state index in [0.29, 0.717) is 5.56 Å². The molecular weight excluding hydrogens is 228 g/mol. The molecule has 0 aromatic carbocycles. The predicted molar refractivity (Wildman–Crippen MR) is 48.6 cm³/mol.